The minimum Gasteiger partial charge on any atom is -0.119 e. The molecule has 0 aromatic rings. The lowest BCUT2D eigenvalue weighted by molar-refractivity contribution is 0.777. The quantitative estimate of drug-likeness (QED) is 0.411. The van der Waals surface area contributed by atoms with Crippen LogP contribution in [-0.2, 0) is 0 Å². The Morgan fingerprint density at radius 1 is 1.33 bits per heavy atom. The van der Waals surface area contributed by atoms with Gasteiger partial charge < -0.3 is 0 Å². The van der Waals surface area contributed by atoms with Gasteiger partial charge >= 0.3 is 0 Å². The molecule has 1 unspecified atom stereocenters. The van der Waals surface area contributed by atoms with Gasteiger partial charge in [0.05, 0.1) is 0 Å². The van der Waals surface area contributed by atoms with Crippen molar-refractivity contribution in [3.05, 3.63) is 0 Å². The molecule has 1 aliphatic carbocycles. The highest BCUT2D eigenvalue weighted by atomic mass is 31.1. The molecule has 0 heterocycles. The molecule has 0 aliphatic heterocycles. The summed E-state index contributed by atoms with van der Waals surface area (Å²) in [7, 11) is 1.31. The second kappa shape index (κ2) is 4.28. The maximum absolute atomic E-state index is 2.28. The summed E-state index contributed by atoms with van der Waals surface area (Å²) in [5.74, 6) is 0. The topological polar surface area (TPSA) is 0 Å². The van der Waals surface area contributed by atoms with E-state index in [1.54, 1.807) is 12.8 Å². The highest BCUT2D eigenvalue weighted by Crippen LogP contribution is 2.39. The second-order valence-corrected chi connectivity index (χ2v) is 4.66. The van der Waals surface area contributed by atoms with E-state index in [0.29, 0.717) is 0 Å². The Morgan fingerprint density at radius 3 is 2.67 bits per heavy atom. The molecule has 9 heavy (non-hydrogen) atoms. The van der Waals surface area contributed by atoms with Crippen molar-refractivity contribution in [1.29, 1.82) is 0 Å². The van der Waals surface area contributed by atoms with Crippen LogP contribution in [0.4, 0.5) is 0 Å². The van der Waals surface area contributed by atoms with Crippen molar-refractivity contribution < 1.29 is 0 Å². The van der Waals surface area contributed by atoms with E-state index < -0.39 is 0 Å². The molecule has 1 aliphatic rings. The highest BCUT2D eigenvalue weighted by molar-refractivity contribution is 7.39. The van der Waals surface area contributed by atoms with E-state index in [1.165, 1.54) is 39.7 Å². The predicted molar refractivity (Wildman–Crippen MR) is 45.7 cm³/mol. The van der Waals surface area contributed by atoms with Gasteiger partial charge in [-0.25, -0.2) is 0 Å². The van der Waals surface area contributed by atoms with Gasteiger partial charge in [0.25, 0.3) is 0 Å². The molecule has 0 amide bonds. The van der Waals surface area contributed by atoms with E-state index in [4.69, 9.17) is 0 Å². The summed E-state index contributed by atoms with van der Waals surface area (Å²) in [5.41, 5.74) is 1.18. The van der Waals surface area contributed by atoms with Crippen LogP contribution in [0.2, 0.25) is 0 Å². The molecule has 0 bridgehead atoms. The second-order valence-electron chi connectivity index (χ2n) is 2.94. The molecule has 0 radical (unpaired) electrons. The van der Waals surface area contributed by atoms with Gasteiger partial charge in [0.15, 0.2) is 0 Å². The summed E-state index contributed by atoms with van der Waals surface area (Å²) in [6.45, 7) is 2.28. The zero-order chi connectivity index (χ0) is 6.53. The molecule has 0 aromatic heterocycles. The third-order valence-electron chi connectivity index (χ3n) is 1.79. The normalized spacial score (nSPS) is 19.7. The number of hydrogen-bond donors (Lipinski definition) is 0. The highest BCUT2D eigenvalue weighted by Gasteiger charge is 2.19. The van der Waals surface area contributed by atoms with Crippen molar-refractivity contribution in [1.82, 2.24) is 0 Å². The first-order valence-electron chi connectivity index (χ1n) is 4.17. The first-order valence-corrected chi connectivity index (χ1v) is 5.45. The van der Waals surface area contributed by atoms with Gasteiger partial charge in [-0.3, -0.25) is 0 Å². The summed E-state index contributed by atoms with van der Waals surface area (Å²) in [6, 6.07) is 0. The van der Waals surface area contributed by atoms with Gasteiger partial charge in [-0.2, -0.15) is 0 Å². The first-order chi connectivity index (χ1) is 4.43. The first kappa shape index (κ1) is 7.54. The van der Waals surface area contributed by atoms with E-state index in [1.807, 2.05) is 0 Å². The van der Waals surface area contributed by atoms with E-state index in [9.17, 15) is 0 Å². The van der Waals surface area contributed by atoms with Crippen LogP contribution in [0.15, 0.2) is 0 Å². The minimum atomic E-state index is 1.18. The van der Waals surface area contributed by atoms with Gasteiger partial charge in [-0.05, 0) is 31.1 Å². The van der Waals surface area contributed by atoms with Crippen molar-refractivity contribution in [2.45, 2.75) is 44.7 Å². The van der Waals surface area contributed by atoms with Crippen molar-refractivity contribution in [3.8, 4) is 0 Å². The molecule has 1 saturated carbocycles. The van der Waals surface area contributed by atoms with Crippen LogP contribution in [0.1, 0.15) is 39.0 Å². The van der Waals surface area contributed by atoms with Crippen LogP contribution in [0.5, 0.6) is 0 Å². The fourth-order valence-corrected chi connectivity index (χ4v) is 2.41. The van der Waals surface area contributed by atoms with Crippen molar-refractivity contribution >= 4 is 8.58 Å². The van der Waals surface area contributed by atoms with Gasteiger partial charge in [0.2, 0.25) is 0 Å². The van der Waals surface area contributed by atoms with Gasteiger partial charge in [-0.1, -0.05) is 19.8 Å². The van der Waals surface area contributed by atoms with Crippen LogP contribution >= 0.6 is 8.58 Å². The van der Waals surface area contributed by atoms with Crippen LogP contribution in [0.3, 0.4) is 0 Å². The lowest BCUT2D eigenvalue weighted by Crippen LogP contribution is -1.78. The fourth-order valence-electron chi connectivity index (χ4n) is 0.969. The zero-order valence-electron chi connectivity index (χ0n) is 6.32. The minimum absolute atomic E-state index is 1.18. The number of unbranched alkanes of at least 4 members (excludes halogenated alkanes) is 2. The van der Waals surface area contributed by atoms with Crippen LogP contribution in [-0.4, -0.2) is 11.8 Å². The van der Waals surface area contributed by atoms with E-state index >= 15 is 0 Å². The molecule has 0 saturated heterocycles. The Kier molecular flexibility index (Phi) is 3.58. The van der Waals surface area contributed by atoms with Gasteiger partial charge in [0.1, 0.15) is 0 Å². The summed E-state index contributed by atoms with van der Waals surface area (Å²) >= 11 is 0. The predicted octanol–water partition coefficient (Wildman–Crippen LogP) is 3.02. The Morgan fingerprint density at radius 2 is 2.11 bits per heavy atom. The molecular formula is C8H17P. The third kappa shape index (κ3) is 3.92. The fraction of sp³-hybridized carbons (Fsp3) is 1.00. The lowest BCUT2D eigenvalue weighted by atomic mass is 10.3. The number of rotatable bonds is 5. The molecule has 1 atom stereocenters. The molecule has 1 fully saturated rings. The summed E-state index contributed by atoms with van der Waals surface area (Å²) in [4.78, 5) is 0. The van der Waals surface area contributed by atoms with E-state index in [0.717, 1.165) is 0 Å². The van der Waals surface area contributed by atoms with Gasteiger partial charge in [0, 0.05) is 0 Å². The molecule has 1 heteroatoms. The largest absolute Gasteiger partial charge is 0.119 e. The molecule has 0 N–H and O–H groups in total. The van der Waals surface area contributed by atoms with Crippen LogP contribution in [0, 0.1) is 0 Å². The standard InChI is InChI=1S/C8H17P/c1-2-3-4-7-9-8-5-6-8/h8-9H,2-7H2,1H3. The van der Waals surface area contributed by atoms with Crippen molar-refractivity contribution in [3.63, 3.8) is 0 Å². The average molecular weight is 144 g/mol. The van der Waals surface area contributed by atoms with Crippen LogP contribution in [0.25, 0.3) is 0 Å². The Balaban J connectivity index is 1.71. The Labute approximate surface area is 60.2 Å². The summed E-state index contributed by atoms with van der Waals surface area (Å²) < 4.78 is 0. The lowest BCUT2D eigenvalue weighted by Gasteiger charge is -1.95. The molecular weight excluding hydrogens is 127 g/mol. The Hall–Kier alpha value is 0.430. The van der Waals surface area contributed by atoms with E-state index in [-0.39, 0.29) is 0 Å². The third-order valence-corrected chi connectivity index (χ3v) is 3.59. The molecule has 54 valence electrons. The van der Waals surface area contributed by atoms with Crippen molar-refractivity contribution in [2.75, 3.05) is 6.16 Å². The maximum Gasteiger partial charge on any atom is -0.0236 e. The van der Waals surface area contributed by atoms with Gasteiger partial charge in [-0.15, -0.1) is 8.58 Å². The average Bonchev–Trinajstić information content (AvgIpc) is 2.63. The molecule has 0 spiro atoms. The SMILES string of the molecule is CCCCCPC1CC1. The molecule has 1 rings (SSSR count). The zero-order valence-corrected chi connectivity index (χ0v) is 7.32. The van der Waals surface area contributed by atoms with E-state index in [2.05, 4.69) is 6.92 Å². The number of hydrogen-bond acceptors (Lipinski definition) is 0. The van der Waals surface area contributed by atoms with Crippen LogP contribution < -0.4 is 0 Å². The molecule has 0 nitrogen and oxygen atoms in total. The molecule has 0 aromatic carbocycles. The Bertz CT molecular complexity index is 67.0. The van der Waals surface area contributed by atoms with Crippen molar-refractivity contribution in [2.24, 2.45) is 0 Å². The smallest absolute Gasteiger partial charge is 0.0236 e. The summed E-state index contributed by atoms with van der Waals surface area (Å²) in [6.07, 6.45) is 8.95. The maximum atomic E-state index is 2.28. The summed E-state index contributed by atoms with van der Waals surface area (Å²) in [5, 5.41) is 0. The monoisotopic (exact) mass is 144 g/mol.